The Hall–Kier alpha value is -4.11. The highest BCUT2D eigenvalue weighted by molar-refractivity contribution is 6.02. The van der Waals surface area contributed by atoms with Crippen molar-refractivity contribution in [3.63, 3.8) is 0 Å². The summed E-state index contributed by atoms with van der Waals surface area (Å²) in [6.45, 7) is 4.83. The SMILES string of the molecule is CCN(CCN(C)C)c1ccc(Nc2nc(-c3cn(C)c4ccc(F)cc34)c3cc[nH]c3n2)cc1N. The molecule has 0 aliphatic rings. The van der Waals surface area contributed by atoms with E-state index in [1.54, 1.807) is 12.1 Å². The standard InChI is InChI=1S/C27H31FN8/c1-5-36(13-12-34(2)3)24-9-7-18(15-22(24)29)31-27-32-25(19-10-11-30-26(19)33-27)21-16-35(4)23-8-6-17(28)14-20(21)23/h6-11,14-16H,5,12-13,29H2,1-4H3,(H2,30,31,32,33). The number of H-pyrrole nitrogens is 1. The third-order valence-electron chi connectivity index (χ3n) is 6.45. The Morgan fingerprint density at radius 1 is 1.06 bits per heavy atom. The van der Waals surface area contributed by atoms with Gasteiger partial charge in [0.1, 0.15) is 11.5 Å². The lowest BCUT2D eigenvalue weighted by molar-refractivity contribution is 0.414. The van der Waals surface area contributed by atoms with Gasteiger partial charge in [0.15, 0.2) is 0 Å². The van der Waals surface area contributed by atoms with E-state index in [-0.39, 0.29) is 5.82 Å². The minimum Gasteiger partial charge on any atom is -0.397 e. The predicted molar refractivity (Wildman–Crippen MR) is 146 cm³/mol. The van der Waals surface area contributed by atoms with Crippen LogP contribution in [0.1, 0.15) is 6.92 Å². The molecule has 4 N–H and O–H groups in total. The number of likely N-dealkylation sites (N-methyl/N-ethyl adjacent to an activating group) is 2. The van der Waals surface area contributed by atoms with E-state index < -0.39 is 0 Å². The van der Waals surface area contributed by atoms with Crippen molar-refractivity contribution in [1.29, 1.82) is 0 Å². The Kier molecular flexibility index (Phi) is 6.24. The van der Waals surface area contributed by atoms with Gasteiger partial charge in [-0.05, 0) is 63.5 Å². The van der Waals surface area contributed by atoms with Gasteiger partial charge in [-0.1, -0.05) is 0 Å². The lowest BCUT2D eigenvalue weighted by atomic mass is 10.1. The second kappa shape index (κ2) is 9.50. The second-order valence-corrected chi connectivity index (χ2v) is 9.23. The largest absolute Gasteiger partial charge is 0.397 e. The van der Waals surface area contributed by atoms with Crippen LogP contribution in [0.4, 0.5) is 27.4 Å². The van der Waals surface area contributed by atoms with E-state index in [2.05, 4.69) is 46.1 Å². The highest BCUT2D eigenvalue weighted by atomic mass is 19.1. The van der Waals surface area contributed by atoms with Gasteiger partial charge in [-0.2, -0.15) is 4.98 Å². The first-order valence-electron chi connectivity index (χ1n) is 12.0. The van der Waals surface area contributed by atoms with Crippen molar-refractivity contribution in [3.8, 4) is 11.3 Å². The molecule has 0 spiro atoms. The highest BCUT2D eigenvalue weighted by Crippen LogP contribution is 2.35. The van der Waals surface area contributed by atoms with Crippen molar-refractivity contribution in [2.45, 2.75) is 6.92 Å². The molecular formula is C27H31FN8. The molecular weight excluding hydrogens is 455 g/mol. The molecule has 3 aromatic heterocycles. The predicted octanol–water partition coefficient (Wildman–Crippen LogP) is 4.97. The molecule has 5 rings (SSSR count). The number of hydrogen-bond donors (Lipinski definition) is 3. The van der Waals surface area contributed by atoms with Crippen molar-refractivity contribution in [2.24, 2.45) is 7.05 Å². The van der Waals surface area contributed by atoms with Crippen LogP contribution in [-0.2, 0) is 7.05 Å². The minimum atomic E-state index is -0.282. The number of nitrogen functional groups attached to an aromatic ring is 1. The zero-order valence-electron chi connectivity index (χ0n) is 21.0. The number of halogens is 1. The van der Waals surface area contributed by atoms with Gasteiger partial charge < -0.3 is 30.4 Å². The third kappa shape index (κ3) is 4.45. The van der Waals surface area contributed by atoms with E-state index in [4.69, 9.17) is 10.7 Å². The van der Waals surface area contributed by atoms with Gasteiger partial charge in [0.25, 0.3) is 0 Å². The van der Waals surface area contributed by atoms with Crippen LogP contribution in [0, 0.1) is 5.82 Å². The van der Waals surface area contributed by atoms with E-state index in [0.29, 0.717) is 17.3 Å². The molecule has 186 valence electrons. The lowest BCUT2D eigenvalue weighted by Crippen LogP contribution is -2.32. The van der Waals surface area contributed by atoms with Gasteiger partial charge in [-0.25, -0.2) is 9.37 Å². The first kappa shape index (κ1) is 23.6. The summed E-state index contributed by atoms with van der Waals surface area (Å²) in [5.74, 6) is 0.149. The van der Waals surface area contributed by atoms with Gasteiger partial charge in [0.05, 0.1) is 17.1 Å². The number of aromatic nitrogens is 4. The maximum atomic E-state index is 14.1. The van der Waals surface area contributed by atoms with Crippen LogP contribution < -0.4 is 16.0 Å². The Balaban J connectivity index is 1.51. The molecule has 2 aromatic carbocycles. The van der Waals surface area contributed by atoms with Crippen molar-refractivity contribution in [2.75, 3.05) is 49.7 Å². The molecule has 0 amide bonds. The molecule has 0 unspecified atom stereocenters. The number of nitrogens with one attached hydrogen (secondary N) is 2. The molecule has 0 saturated carbocycles. The zero-order chi connectivity index (χ0) is 25.4. The summed E-state index contributed by atoms with van der Waals surface area (Å²) < 4.78 is 16.1. The molecule has 8 nitrogen and oxygen atoms in total. The monoisotopic (exact) mass is 486 g/mol. The number of fused-ring (bicyclic) bond motifs is 2. The van der Waals surface area contributed by atoms with Crippen LogP contribution in [0.15, 0.2) is 54.9 Å². The first-order chi connectivity index (χ1) is 17.3. The van der Waals surface area contributed by atoms with Crippen LogP contribution in [0.2, 0.25) is 0 Å². The molecule has 5 aromatic rings. The number of benzene rings is 2. The Morgan fingerprint density at radius 2 is 1.89 bits per heavy atom. The van der Waals surface area contributed by atoms with E-state index >= 15 is 0 Å². The van der Waals surface area contributed by atoms with Gasteiger partial charge in [-0.3, -0.25) is 0 Å². The van der Waals surface area contributed by atoms with Crippen molar-refractivity contribution >= 4 is 44.9 Å². The number of nitrogens with zero attached hydrogens (tertiary/aromatic N) is 5. The number of anilines is 4. The normalized spacial score (nSPS) is 11.6. The summed E-state index contributed by atoms with van der Waals surface area (Å²) in [6.07, 6.45) is 3.81. The summed E-state index contributed by atoms with van der Waals surface area (Å²) in [6, 6.07) is 12.7. The quantitative estimate of drug-likeness (QED) is 0.268. The van der Waals surface area contributed by atoms with Crippen LogP contribution in [0.25, 0.3) is 33.2 Å². The fourth-order valence-corrected chi connectivity index (χ4v) is 4.57. The number of nitrogens with two attached hydrogens (primary N) is 1. The number of rotatable bonds is 8. The second-order valence-electron chi connectivity index (χ2n) is 9.23. The van der Waals surface area contributed by atoms with Gasteiger partial charge in [0, 0.05) is 66.6 Å². The van der Waals surface area contributed by atoms with E-state index in [0.717, 1.165) is 58.6 Å². The summed E-state index contributed by atoms with van der Waals surface area (Å²) in [5.41, 5.74) is 12.1. The van der Waals surface area contributed by atoms with E-state index in [1.165, 1.54) is 6.07 Å². The molecule has 9 heteroatoms. The molecule has 3 heterocycles. The molecule has 0 radical (unpaired) electrons. The van der Waals surface area contributed by atoms with Crippen LogP contribution in [0.5, 0.6) is 0 Å². The number of hydrogen-bond acceptors (Lipinski definition) is 6. The van der Waals surface area contributed by atoms with Crippen LogP contribution in [-0.4, -0.2) is 58.1 Å². The van der Waals surface area contributed by atoms with E-state index in [1.807, 2.05) is 48.3 Å². The summed E-state index contributed by atoms with van der Waals surface area (Å²) in [5, 5.41) is 4.98. The van der Waals surface area contributed by atoms with Crippen LogP contribution in [0.3, 0.4) is 0 Å². The van der Waals surface area contributed by atoms with Crippen molar-refractivity contribution < 1.29 is 4.39 Å². The fraction of sp³-hybridized carbons (Fsp3) is 0.259. The van der Waals surface area contributed by atoms with Crippen molar-refractivity contribution in [3.05, 3.63) is 60.7 Å². The molecule has 0 atom stereocenters. The summed E-state index contributed by atoms with van der Waals surface area (Å²) in [7, 11) is 6.07. The fourth-order valence-electron chi connectivity index (χ4n) is 4.57. The molecule has 0 bridgehead atoms. The zero-order valence-corrected chi connectivity index (χ0v) is 21.0. The third-order valence-corrected chi connectivity index (χ3v) is 6.45. The molecule has 0 saturated heterocycles. The van der Waals surface area contributed by atoms with Crippen LogP contribution >= 0.6 is 0 Å². The minimum absolute atomic E-state index is 0.282. The summed E-state index contributed by atoms with van der Waals surface area (Å²) in [4.78, 5) is 17.1. The highest BCUT2D eigenvalue weighted by Gasteiger charge is 2.17. The summed E-state index contributed by atoms with van der Waals surface area (Å²) >= 11 is 0. The Morgan fingerprint density at radius 3 is 2.64 bits per heavy atom. The topological polar surface area (TPSA) is 91.0 Å². The average molecular weight is 487 g/mol. The van der Waals surface area contributed by atoms with Crippen molar-refractivity contribution in [1.82, 2.24) is 24.4 Å². The molecule has 0 fully saturated rings. The first-order valence-corrected chi connectivity index (χ1v) is 12.0. The molecule has 0 aliphatic heterocycles. The molecule has 0 aliphatic carbocycles. The van der Waals surface area contributed by atoms with Gasteiger partial charge >= 0.3 is 0 Å². The molecule has 36 heavy (non-hydrogen) atoms. The van der Waals surface area contributed by atoms with E-state index in [9.17, 15) is 4.39 Å². The average Bonchev–Trinajstić information content (AvgIpc) is 3.44. The number of aromatic amines is 1. The maximum Gasteiger partial charge on any atom is 0.229 e. The number of aryl methyl sites for hydroxylation is 1. The Labute approximate surface area is 209 Å². The lowest BCUT2D eigenvalue weighted by Gasteiger charge is -2.26. The Bertz CT molecular complexity index is 1530. The van der Waals surface area contributed by atoms with Gasteiger partial charge in [-0.15, -0.1) is 0 Å². The smallest absolute Gasteiger partial charge is 0.229 e. The van der Waals surface area contributed by atoms with Gasteiger partial charge in [0.2, 0.25) is 5.95 Å². The maximum absolute atomic E-state index is 14.1.